The van der Waals surface area contributed by atoms with E-state index in [4.69, 9.17) is 32.4 Å². The zero-order chi connectivity index (χ0) is 11.8. The molecule has 4 heteroatoms. The third kappa shape index (κ3) is 1.84. The lowest BCUT2D eigenvalue weighted by atomic mass is 10.1. The second kappa shape index (κ2) is 4.13. The van der Waals surface area contributed by atoms with Crippen LogP contribution in [0.25, 0.3) is 21.9 Å². The lowest BCUT2D eigenvalue weighted by Gasteiger charge is -2.06. The van der Waals surface area contributed by atoms with Gasteiger partial charge in [-0.3, -0.25) is 0 Å². The summed E-state index contributed by atoms with van der Waals surface area (Å²) in [5.41, 5.74) is 1.58. The first kappa shape index (κ1) is 10.8. The van der Waals surface area contributed by atoms with Crippen molar-refractivity contribution in [3.05, 3.63) is 42.5 Å². The van der Waals surface area contributed by atoms with Crippen LogP contribution in [0.1, 0.15) is 0 Å². The van der Waals surface area contributed by atoms with E-state index < -0.39 is 5.02 Å². The second-order valence-electron chi connectivity index (χ2n) is 3.61. The summed E-state index contributed by atoms with van der Waals surface area (Å²) in [6, 6.07) is 13.3. The fraction of sp³-hybridized carbons (Fsp3) is 0.0769. The summed E-state index contributed by atoms with van der Waals surface area (Å²) >= 11 is 11.3. The van der Waals surface area contributed by atoms with Crippen molar-refractivity contribution in [1.82, 2.24) is 0 Å². The Hall–Kier alpha value is -1.38. The molecule has 0 aliphatic heterocycles. The molecular weight excluding hydrogens is 259 g/mol. The molecule has 0 saturated heterocycles. The summed E-state index contributed by atoms with van der Waals surface area (Å²) < 4.78 is 11.1. The van der Waals surface area contributed by atoms with Gasteiger partial charge in [0.1, 0.15) is 16.9 Å². The van der Waals surface area contributed by atoms with E-state index in [1.54, 1.807) is 0 Å². The van der Waals surface area contributed by atoms with E-state index in [0.29, 0.717) is 5.75 Å². The molecule has 2 aromatic carbocycles. The number of para-hydroxylation sites is 1. The molecule has 0 saturated carbocycles. The first-order valence-electron chi connectivity index (χ1n) is 5.11. The summed E-state index contributed by atoms with van der Waals surface area (Å²) in [6.45, 7) is 0. The molecule has 1 heterocycles. The van der Waals surface area contributed by atoms with Crippen LogP contribution in [-0.4, -0.2) is 5.02 Å². The highest BCUT2D eigenvalue weighted by Gasteiger charge is 2.12. The average molecular weight is 267 g/mol. The third-order valence-corrected chi connectivity index (χ3v) is 2.76. The molecule has 0 bridgehead atoms. The van der Waals surface area contributed by atoms with Crippen LogP contribution in [0.4, 0.5) is 0 Å². The average Bonchev–Trinajstić information content (AvgIpc) is 2.67. The fourth-order valence-electron chi connectivity index (χ4n) is 1.94. The quantitative estimate of drug-likeness (QED) is 0.626. The molecule has 0 amide bonds. The minimum absolute atomic E-state index is 0.627. The molecule has 0 N–H and O–H groups in total. The molecule has 0 spiro atoms. The van der Waals surface area contributed by atoms with Crippen molar-refractivity contribution in [3.8, 4) is 5.75 Å². The van der Waals surface area contributed by atoms with Crippen LogP contribution in [0.3, 0.4) is 0 Å². The van der Waals surface area contributed by atoms with E-state index in [9.17, 15) is 0 Å². The number of hydrogen-bond acceptors (Lipinski definition) is 2. The van der Waals surface area contributed by atoms with Crippen LogP contribution in [0.15, 0.2) is 46.9 Å². The van der Waals surface area contributed by atoms with Crippen molar-refractivity contribution < 1.29 is 9.15 Å². The highest BCUT2D eigenvalue weighted by Crippen LogP contribution is 2.36. The van der Waals surface area contributed by atoms with Gasteiger partial charge in [0.2, 0.25) is 5.02 Å². The summed E-state index contributed by atoms with van der Waals surface area (Å²) in [6.07, 6.45) is 0. The number of fused-ring (bicyclic) bond motifs is 3. The Kier molecular flexibility index (Phi) is 2.61. The Bertz CT molecular complexity index is 673. The number of rotatable bonds is 2. The van der Waals surface area contributed by atoms with Crippen LogP contribution in [0, 0.1) is 0 Å². The lowest BCUT2D eigenvalue weighted by Crippen LogP contribution is -1.99. The first-order chi connectivity index (χ1) is 8.25. The number of furan rings is 1. The molecule has 3 rings (SSSR count). The van der Waals surface area contributed by atoms with E-state index >= 15 is 0 Å². The zero-order valence-corrected chi connectivity index (χ0v) is 10.2. The van der Waals surface area contributed by atoms with Crippen molar-refractivity contribution in [3.63, 3.8) is 0 Å². The van der Waals surface area contributed by atoms with Crippen LogP contribution in [0.2, 0.25) is 0 Å². The fourth-order valence-corrected chi connectivity index (χ4v) is 2.13. The number of hydrogen-bond donors (Lipinski definition) is 0. The van der Waals surface area contributed by atoms with Gasteiger partial charge in [-0.05, 0) is 18.2 Å². The van der Waals surface area contributed by atoms with Gasteiger partial charge in [-0.25, -0.2) is 0 Å². The van der Waals surface area contributed by atoms with Gasteiger partial charge in [-0.2, -0.15) is 0 Å². The predicted molar refractivity (Wildman–Crippen MR) is 69.8 cm³/mol. The molecular formula is C13H8Cl2O2. The maximum Gasteiger partial charge on any atom is 0.247 e. The Morgan fingerprint density at radius 1 is 0.941 bits per heavy atom. The molecule has 86 valence electrons. The maximum absolute atomic E-state index is 5.71. The van der Waals surface area contributed by atoms with Crippen molar-refractivity contribution in [2.24, 2.45) is 0 Å². The van der Waals surface area contributed by atoms with Gasteiger partial charge in [0, 0.05) is 5.39 Å². The van der Waals surface area contributed by atoms with Gasteiger partial charge in [-0.15, -0.1) is 0 Å². The van der Waals surface area contributed by atoms with E-state index in [2.05, 4.69) is 0 Å². The van der Waals surface area contributed by atoms with Gasteiger partial charge < -0.3 is 9.15 Å². The van der Waals surface area contributed by atoms with E-state index in [1.807, 2.05) is 42.5 Å². The maximum atomic E-state index is 5.71. The van der Waals surface area contributed by atoms with Gasteiger partial charge in [0.05, 0.1) is 5.39 Å². The molecule has 2 nitrogen and oxygen atoms in total. The van der Waals surface area contributed by atoms with Gasteiger partial charge in [0.15, 0.2) is 0 Å². The number of benzene rings is 2. The molecule has 0 unspecified atom stereocenters. The summed E-state index contributed by atoms with van der Waals surface area (Å²) in [5, 5.41) is 0.996. The summed E-state index contributed by atoms with van der Waals surface area (Å²) in [5.74, 6) is 0.627. The number of halogens is 2. The van der Waals surface area contributed by atoms with Crippen LogP contribution in [-0.2, 0) is 0 Å². The van der Waals surface area contributed by atoms with Crippen LogP contribution in [0.5, 0.6) is 5.75 Å². The minimum atomic E-state index is -0.894. The van der Waals surface area contributed by atoms with Crippen molar-refractivity contribution in [2.45, 2.75) is 5.02 Å². The predicted octanol–water partition coefficient (Wildman–Crippen LogP) is 4.73. The monoisotopic (exact) mass is 266 g/mol. The molecule has 0 radical (unpaired) electrons. The SMILES string of the molecule is ClC(Cl)Oc1cccc2oc3ccccc3c12. The largest absolute Gasteiger partial charge is 0.460 e. The van der Waals surface area contributed by atoms with E-state index in [0.717, 1.165) is 21.9 Å². The second-order valence-corrected chi connectivity index (χ2v) is 4.62. The highest BCUT2D eigenvalue weighted by atomic mass is 35.5. The molecule has 0 aliphatic rings. The van der Waals surface area contributed by atoms with Crippen LogP contribution >= 0.6 is 23.2 Å². The molecule has 1 aromatic heterocycles. The molecule has 0 aliphatic carbocycles. The van der Waals surface area contributed by atoms with Gasteiger partial charge in [-0.1, -0.05) is 47.5 Å². The summed E-state index contributed by atoms with van der Waals surface area (Å²) in [7, 11) is 0. The molecule has 0 atom stereocenters. The van der Waals surface area contributed by atoms with Crippen LogP contribution < -0.4 is 4.74 Å². The minimum Gasteiger partial charge on any atom is -0.460 e. The number of ether oxygens (including phenoxy) is 1. The van der Waals surface area contributed by atoms with Gasteiger partial charge >= 0.3 is 0 Å². The van der Waals surface area contributed by atoms with Crippen molar-refractivity contribution in [1.29, 1.82) is 0 Å². The Labute approximate surface area is 108 Å². The van der Waals surface area contributed by atoms with Crippen molar-refractivity contribution >= 4 is 45.1 Å². The topological polar surface area (TPSA) is 22.4 Å². The Balaban J connectivity index is 2.35. The third-order valence-electron chi connectivity index (χ3n) is 2.58. The molecule has 17 heavy (non-hydrogen) atoms. The smallest absolute Gasteiger partial charge is 0.247 e. The molecule has 3 aromatic rings. The van der Waals surface area contributed by atoms with Crippen molar-refractivity contribution in [2.75, 3.05) is 0 Å². The molecule has 0 fully saturated rings. The Morgan fingerprint density at radius 3 is 2.53 bits per heavy atom. The summed E-state index contributed by atoms with van der Waals surface area (Å²) in [4.78, 5) is 0. The number of alkyl halides is 2. The standard InChI is InChI=1S/C13H8Cl2O2/c14-13(15)17-11-7-3-6-10-12(11)8-4-1-2-5-9(8)16-10/h1-7,13H. The normalized spacial score (nSPS) is 11.5. The Morgan fingerprint density at radius 2 is 1.71 bits per heavy atom. The van der Waals surface area contributed by atoms with E-state index in [1.165, 1.54) is 0 Å². The lowest BCUT2D eigenvalue weighted by molar-refractivity contribution is 0.358. The first-order valence-corrected chi connectivity index (χ1v) is 5.98. The zero-order valence-electron chi connectivity index (χ0n) is 8.69. The highest BCUT2D eigenvalue weighted by molar-refractivity contribution is 6.43. The van der Waals surface area contributed by atoms with E-state index in [-0.39, 0.29) is 0 Å². The van der Waals surface area contributed by atoms with Gasteiger partial charge in [0.25, 0.3) is 0 Å².